The molecule has 0 amide bonds. The van der Waals surface area contributed by atoms with Gasteiger partial charge >= 0.3 is 5.97 Å². The van der Waals surface area contributed by atoms with Crippen molar-refractivity contribution in [2.75, 3.05) is 14.2 Å². The minimum absolute atomic E-state index is 0.0805. The van der Waals surface area contributed by atoms with Crippen molar-refractivity contribution in [3.8, 4) is 11.5 Å². The molecule has 2 rings (SSSR count). The first kappa shape index (κ1) is 14.7. The quantitative estimate of drug-likeness (QED) is 0.919. The van der Waals surface area contributed by atoms with E-state index in [1.165, 1.54) is 0 Å². The molecule has 0 spiro atoms. The number of methoxy groups -OCH3 is 2. The first-order valence-corrected chi connectivity index (χ1v) is 6.76. The molecule has 0 saturated heterocycles. The van der Waals surface area contributed by atoms with Crippen LogP contribution in [0.1, 0.15) is 44.7 Å². The molecule has 1 N–H and O–H groups in total. The maximum Gasteiger partial charge on any atom is 0.314 e. The average Bonchev–Trinajstić information content (AvgIpc) is 3.17. The highest BCUT2D eigenvalue weighted by Gasteiger charge is 2.54. The summed E-state index contributed by atoms with van der Waals surface area (Å²) in [7, 11) is 3.13. The van der Waals surface area contributed by atoms with E-state index in [4.69, 9.17) is 9.47 Å². The highest BCUT2D eigenvalue weighted by Crippen LogP contribution is 2.54. The Morgan fingerprint density at radius 2 is 1.80 bits per heavy atom. The maximum absolute atomic E-state index is 11.6. The topological polar surface area (TPSA) is 55.8 Å². The highest BCUT2D eigenvalue weighted by molar-refractivity contribution is 5.86. The van der Waals surface area contributed by atoms with Gasteiger partial charge in [0.25, 0.3) is 0 Å². The Bertz CT molecular complexity index is 536. The second-order valence-electron chi connectivity index (χ2n) is 6.40. The predicted molar refractivity (Wildman–Crippen MR) is 76.8 cm³/mol. The van der Waals surface area contributed by atoms with Gasteiger partial charge in [-0.05, 0) is 29.9 Å². The van der Waals surface area contributed by atoms with Gasteiger partial charge in [0, 0.05) is 5.56 Å². The third-order valence-corrected chi connectivity index (χ3v) is 4.02. The number of hydrogen-bond acceptors (Lipinski definition) is 3. The molecule has 1 saturated carbocycles. The lowest BCUT2D eigenvalue weighted by Crippen LogP contribution is -2.22. The van der Waals surface area contributed by atoms with Crippen LogP contribution >= 0.6 is 0 Å². The Balaban J connectivity index is 2.68. The number of carboxylic acids is 1. The van der Waals surface area contributed by atoms with E-state index in [0.29, 0.717) is 24.3 Å². The minimum atomic E-state index is -0.806. The van der Waals surface area contributed by atoms with Crippen molar-refractivity contribution in [3.63, 3.8) is 0 Å². The summed E-state index contributed by atoms with van der Waals surface area (Å²) in [6, 6.07) is 3.89. The summed E-state index contributed by atoms with van der Waals surface area (Å²) in [5.74, 6) is 0.353. The van der Waals surface area contributed by atoms with Gasteiger partial charge in [0.1, 0.15) is 0 Å². The summed E-state index contributed by atoms with van der Waals surface area (Å²) in [6.45, 7) is 6.29. The van der Waals surface area contributed by atoms with Gasteiger partial charge in [-0.25, -0.2) is 0 Å². The number of aliphatic carboxylic acids is 1. The van der Waals surface area contributed by atoms with E-state index in [9.17, 15) is 9.90 Å². The molecule has 0 heterocycles. The number of rotatable bonds is 4. The fraction of sp³-hybridized carbons (Fsp3) is 0.562. The molecule has 0 radical (unpaired) electrons. The normalized spacial score (nSPS) is 16.6. The van der Waals surface area contributed by atoms with Crippen molar-refractivity contribution in [2.45, 2.75) is 44.4 Å². The molecule has 0 aromatic heterocycles. The van der Waals surface area contributed by atoms with Crippen LogP contribution in [0.15, 0.2) is 12.1 Å². The van der Waals surface area contributed by atoms with Gasteiger partial charge in [-0.3, -0.25) is 4.79 Å². The SMILES string of the molecule is COc1cc(C(C)(C)C)cc(C2(C(=O)O)CC2)c1OC. The second-order valence-corrected chi connectivity index (χ2v) is 6.40. The Labute approximate surface area is 119 Å². The third-order valence-electron chi connectivity index (χ3n) is 4.02. The van der Waals surface area contributed by atoms with E-state index in [2.05, 4.69) is 20.8 Å². The van der Waals surface area contributed by atoms with Crippen LogP contribution in [0.3, 0.4) is 0 Å². The molecule has 0 unspecified atom stereocenters. The Morgan fingerprint density at radius 3 is 2.15 bits per heavy atom. The monoisotopic (exact) mass is 278 g/mol. The molecule has 1 aromatic rings. The fourth-order valence-corrected chi connectivity index (χ4v) is 2.48. The van der Waals surface area contributed by atoms with Gasteiger partial charge in [0.15, 0.2) is 11.5 Å². The van der Waals surface area contributed by atoms with Gasteiger partial charge in [-0.15, -0.1) is 0 Å². The zero-order valence-corrected chi connectivity index (χ0v) is 12.7. The second kappa shape index (κ2) is 4.69. The lowest BCUT2D eigenvalue weighted by molar-refractivity contribution is -0.140. The summed E-state index contributed by atoms with van der Waals surface area (Å²) in [5.41, 5.74) is 0.900. The average molecular weight is 278 g/mol. The van der Waals surface area contributed by atoms with E-state index < -0.39 is 11.4 Å². The van der Waals surface area contributed by atoms with E-state index >= 15 is 0 Å². The molecule has 0 bridgehead atoms. The predicted octanol–water partition coefficient (Wildman–Crippen LogP) is 3.12. The number of carboxylic acid groups (broad SMARTS) is 1. The summed E-state index contributed by atoms with van der Waals surface area (Å²) in [5, 5.41) is 9.54. The smallest absolute Gasteiger partial charge is 0.314 e. The molecule has 1 aliphatic rings. The van der Waals surface area contributed by atoms with Crippen LogP contribution < -0.4 is 9.47 Å². The van der Waals surface area contributed by atoms with Crippen molar-refractivity contribution in [1.29, 1.82) is 0 Å². The summed E-state index contributed by atoms with van der Waals surface area (Å²) in [6.07, 6.45) is 1.30. The summed E-state index contributed by atoms with van der Waals surface area (Å²) in [4.78, 5) is 11.6. The fourth-order valence-electron chi connectivity index (χ4n) is 2.48. The number of benzene rings is 1. The molecule has 1 aromatic carbocycles. The maximum atomic E-state index is 11.6. The van der Waals surface area contributed by atoms with Crippen molar-refractivity contribution in [2.24, 2.45) is 0 Å². The van der Waals surface area contributed by atoms with Crippen LogP contribution in [0.4, 0.5) is 0 Å². The van der Waals surface area contributed by atoms with Crippen molar-refractivity contribution in [1.82, 2.24) is 0 Å². The van der Waals surface area contributed by atoms with Crippen molar-refractivity contribution < 1.29 is 19.4 Å². The van der Waals surface area contributed by atoms with E-state index in [0.717, 1.165) is 11.1 Å². The molecule has 0 atom stereocenters. The molecular weight excluding hydrogens is 256 g/mol. The molecule has 110 valence electrons. The molecule has 20 heavy (non-hydrogen) atoms. The van der Waals surface area contributed by atoms with Crippen LogP contribution in [0.25, 0.3) is 0 Å². The van der Waals surface area contributed by atoms with Gasteiger partial charge in [0.05, 0.1) is 19.6 Å². The Kier molecular flexibility index (Phi) is 3.44. The minimum Gasteiger partial charge on any atom is -0.493 e. The number of ether oxygens (including phenoxy) is 2. The van der Waals surface area contributed by atoms with Crippen LogP contribution in [0, 0.1) is 0 Å². The molecular formula is C16H22O4. The lowest BCUT2D eigenvalue weighted by Gasteiger charge is -2.25. The highest BCUT2D eigenvalue weighted by atomic mass is 16.5. The summed E-state index contributed by atoms with van der Waals surface area (Å²) < 4.78 is 10.8. The first-order valence-electron chi connectivity index (χ1n) is 6.76. The van der Waals surface area contributed by atoms with Gasteiger partial charge in [-0.2, -0.15) is 0 Å². The van der Waals surface area contributed by atoms with Crippen LogP contribution in [0.5, 0.6) is 11.5 Å². The van der Waals surface area contributed by atoms with Crippen LogP contribution in [0.2, 0.25) is 0 Å². The van der Waals surface area contributed by atoms with Crippen LogP contribution in [-0.2, 0) is 15.6 Å². The molecule has 4 nitrogen and oxygen atoms in total. The zero-order chi connectivity index (χ0) is 15.1. The zero-order valence-electron chi connectivity index (χ0n) is 12.7. The van der Waals surface area contributed by atoms with E-state index in [-0.39, 0.29) is 5.41 Å². The molecule has 4 heteroatoms. The number of hydrogen-bond donors (Lipinski definition) is 1. The van der Waals surface area contributed by atoms with Gasteiger partial charge in [0.2, 0.25) is 0 Å². The van der Waals surface area contributed by atoms with Crippen molar-refractivity contribution in [3.05, 3.63) is 23.3 Å². The Morgan fingerprint density at radius 1 is 1.20 bits per heavy atom. The van der Waals surface area contributed by atoms with Gasteiger partial charge < -0.3 is 14.6 Å². The van der Waals surface area contributed by atoms with Crippen LogP contribution in [-0.4, -0.2) is 25.3 Å². The molecule has 1 fully saturated rings. The first-order chi connectivity index (χ1) is 9.26. The number of carbonyl (C=O) groups is 1. The van der Waals surface area contributed by atoms with E-state index in [1.54, 1.807) is 14.2 Å². The molecule has 0 aliphatic heterocycles. The third kappa shape index (κ3) is 2.23. The lowest BCUT2D eigenvalue weighted by atomic mass is 9.83. The van der Waals surface area contributed by atoms with Crippen molar-refractivity contribution >= 4 is 5.97 Å². The molecule has 1 aliphatic carbocycles. The Hall–Kier alpha value is -1.71. The van der Waals surface area contributed by atoms with Gasteiger partial charge in [-0.1, -0.05) is 26.8 Å². The standard InChI is InChI=1S/C16H22O4/c1-15(2,3)10-8-11(16(6-7-16)14(17)18)13(20-5)12(9-10)19-4/h8-9H,6-7H2,1-5H3,(H,17,18). The largest absolute Gasteiger partial charge is 0.493 e. The summed E-state index contributed by atoms with van der Waals surface area (Å²) >= 11 is 0. The van der Waals surface area contributed by atoms with E-state index in [1.807, 2.05) is 12.1 Å².